The molecule has 100 valence electrons. The molecule has 0 radical (unpaired) electrons. The third-order valence-corrected chi connectivity index (χ3v) is 2.97. The molecule has 0 saturated carbocycles. The summed E-state index contributed by atoms with van der Waals surface area (Å²) in [5.74, 6) is 1.03. The summed E-state index contributed by atoms with van der Waals surface area (Å²) in [5.41, 5.74) is 1.71. The summed E-state index contributed by atoms with van der Waals surface area (Å²) in [6.45, 7) is 2.06. The van der Waals surface area contributed by atoms with Crippen LogP contribution in [0.4, 0.5) is 0 Å². The predicted octanol–water partition coefficient (Wildman–Crippen LogP) is 3.97. The third kappa shape index (κ3) is 3.69. The average molecular weight is 278 g/mol. The molecule has 0 aliphatic heterocycles. The zero-order chi connectivity index (χ0) is 13.7. The van der Waals surface area contributed by atoms with Crippen molar-refractivity contribution in [1.29, 1.82) is 0 Å². The molecule has 0 spiro atoms. The summed E-state index contributed by atoms with van der Waals surface area (Å²) < 4.78 is 5.68. The topological polar surface area (TPSA) is 42.4 Å². The van der Waals surface area contributed by atoms with E-state index in [0.717, 1.165) is 24.1 Å². The number of para-hydroxylation sites is 1. The smallest absolute Gasteiger partial charge is 0.219 e. The van der Waals surface area contributed by atoms with Gasteiger partial charge in [0.2, 0.25) is 5.88 Å². The number of aliphatic hydroxyl groups excluding tert-OH is 1. The number of aromatic nitrogens is 1. The van der Waals surface area contributed by atoms with Crippen LogP contribution in [0.15, 0.2) is 36.4 Å². The minimum Gasteiger partial charge on any atom is -0.437 e. The molecule has 19 heavy (non-hydrogen) atoms. The maximum absolute atomic E-state index is 9.27. The summed E-state index contributed by atoms with van der Waals surface area (Å²) in [6.07, 6.45) is 1.85. The van der Waals surface area contributed by atoms with Crippen LogP contribution in [0.25, 0.3) is 0 Å². The number of nitrogens with zero attached hydrogens (tertiary/aromatic N) is 1. The Morgan fingerprint density at radius 2 is 2.05 bits per heavy atom. The standard InChI is InChI=1S/C15H16ClNO2/c1-2-5-12-8-11(10-18)9-15(17-12)19-14-7-4-3-6-13(14)16/h3-4,6-9,18H,2,5,10H2,1H3. The Bertz CT molecular complexity index is 558. The van der Waals surface area contributed by atoms with Crippen molar-refractivity contribution in [2.45, 2.75) is 26.4 Å². The number of pyridine rings is 1. The van der Waals surface area contributed by atoms with Crippen molar-refractivity contribution in [3.05, 3.63) is 52.7 Å². The van der Waals surface area contributed by atoms with Crippen molar-refractivity contribution in [3.8, 4) is 11.6 Å². The lowest BCUT2D eigenvalue weighted by atomic mass is 10.2. The molecule has 3 nitrogen and oxygen atoms in total. The van der Waals surface area contributed by atoms with Crippen LogP contribution >= 0.6 is 11.6 Å². The lowest BCUT2D eigenvalue weighted by molar-refractivity contribution is 0.280. The third-order valence-electron chi connectivity index (χ3n) is 2.65. The van der Waals surface area contributed by atoms with Gasteiger partial charge in [0.15, 0.2) is 0 Å². The first-order valence-electron chi connectivity index (χ1n) is 6.26. The lowest BCUT2D eigenvalue weighted by Gasteiger charge is -2.09. The fourth-order valence-corrected chi connectivity index (χ4v) is 1.96. The minimum atomic E-state index is -0.0296. The van der Waals surface area contributed by atoms with Crippen molar-refractivity contribution in [2.24, 2.45) is 0 Å². The maximum Gasteiger partial charge on any atom is 0.219 e. The van der Waals surface area contributed by atoms with Crippen LogP contribution < -0.4 is 4.74 Å². The zero-order valence-electron chi connectivity index (χ0n) is 10.8. The van der Waals surface area contributed by atoms with Gasteiger partial charge in [-0.05, 0) is 30.2 Å². The summed E-state index contributed by atoms with van der Waals surface area (Å²) in [7, 11) is 0. The van der Waals surface area contributed by atoms with Gasteiger partial charge in [-0.3, -0.25) is 0 Å². The van der Waals surface area contributed by atoms with E-state index >= 15 is 0 Å². The van der Waals surface area contributed by atoms with E-state index in [9.17, 15) is 5.11 Å². The Morgan fingerprint density at radius 1 is 1.26 bits per heavy atom. The molecule has 1 aromatic carbocycles. The summed E-state index contributed by atoms with van der Waals surface area (Å²) >= 11 is 6.05. The van der Waals surface area contributed by atoms with Gasteiger partial charge in [0.1, 0.15) is 5.75 Å². The molecular weight excluding hydrogens is 262 g/mol. The number of rotatable bonds is 5. The van der Waals surface area contributed by atoms with E-state index in [1.54, 1.807) is 18.2 Å². The second-order valence-corrected chi connectivity index (χ2v) is 4.65. The van der Waals surface area contributed by atoms with E-state index in [-0.39, 0.29) is 6.61 Å². The number of ether oxygens (including phenoxy) is 1. The van der Waals surface area contributed by atoms with Crippen molar-refractivity contribution in [1.82, 2.24) is 4.98 Å². The zero-order valence-corrected chi connectivity index (χ0v) is 11.5. The molecule has 0 fully saturated rings. The highest BCUT2D eigenvalue weighted by Crippen LogP contribution is 2.28. The Hall–Kier alpha value is -1.58. The highest BCUT2D eigenvalue weighted by Gasteiger charge is 2.06. The molecule has 0 aliphatic carbocycles. The Labute approximate surface area is 117 Å². The molecule has 1 N–H and O–H groups in total. The number of hydrogen-bond donors (Lipinski definition) is 1. The first-order valence-corrected chi connectivity index (χ1v) is 6.63. The van der Waals surface area contributed by atoms with Gasteiger partial charge in [-0.15, -0.1) is 0 Å². The van der Waals surface area contributed by atoms with Crippen LogP contribution in [0.1, 0.15) is 24.6 Å². The molecule has 0 saturated heterocycles. The van der Waals surface area contributed by atoms with E-state index in [0.29, 0.717) is 16.7 Å². The molecule has 1 aromatic heterocycles. The van der Waals surface area contributed by atoms with Crippen molar-refractivity contribution in [3.63, 3.8) is 0 Å². The van der Waals surface area contributed by atoms with Crippen molar-refractivity contribution in [2.75, 3.05) is 0 Å². The van der Waals surface area contributed by atoms with Gasteiger partial charge in [-0.1, -0.05) is 37.1 Å². The van der Waals surface area contributed by atoms with E-state index < -0.39 is 0 Å². The lowest BCUT2D eigenvalue weighted by Crippen LogP contribution is -1.97. The number of aryl methyl sites for hydroxylation is 1. The van der Waals surface area contributed by atoms with Crippen molar-refractivity contribution >= 4 is 11.6 Å². The van der Waals surface area contributed by atoms with Gasteiger partial charge in [0.05, 0.1) is 11.6 Å². The Balaban J connectivity index is 2.29. The van der Waals surface area contributed by atoms with Crippen LogP contribution in [-0.2, 0) is 13.0 Å². The van der Waals surface area contributed by atoms with Gasteiger partial charge < -0.3 is 9.84 Å². The van der Waals surface area contributed by atoms with E-state index in [2.05, 4.69) is 11.9 Å². The van der Waals surface area contributed by atoms with Gasteiger partial charge >= 0.3 is 0 Å². The summed E-state index contributed by atoms with van der Waals surface area (Å²) in [6, 6.07) is 10.9. The van der Waals surface area contributed by atoms with Crippen LogP contribution in [0.2, 0.25) is 5.02 Å². The molecule has 2 aromatic rings. The molecule has 0 amide bonds. The minimum absolute atomic E-state index is 0.0296. The van der Waals surface area contributed by atoms with Crippen LogP contribution in [0.3, 0.4) is 0 Å². The molecular formula is C15H16ClNO2. The highest BCUT2D eigenvalue weighted by molar-refractivity contribution is 6.32. The van der Waals surface area contributed by atoms with Crippen LogP contribution in [0.5, 0.6) is 11.6 Å². The van der Waals surface area contributed by atoms with Gasteiger partial charge in [0.25, 0.3) is 0 Å². The average Bonchev–Trinajstić information content (AvgIpc) is 2.41. The second kappa shape index (κ2) is 6.55. The SMILES string of the molecule is CCCc1cc(CO)cc(Oc2ccccc2Cl)n1. The Morgan fingerprint density at radius 3 is 2.74 bits per heavy atom. The monoisotopic (exact) mass is 277 g/mol. The van der Waals surface area contributed by atoms with Crippen molar-refractivity contribution < 1.29 is 9.84 Å². The molecule has 0 aliphatic rings. The molecule has 0 unspecified atom stereocenters. The molecule has 0 atom stereocenters. The largest absolute Gasteiger partial charge is 0.437 e. The molecule has 0 bridgehead atoms. The number of hydrogen-bond acceptors (Lipinski definition) is 3. The predicted molar refractivity (Wildman–Crippen MR) is 75.7 cm³/mol. The second-order valence-electron chi connectivity index (χ2n) is 4.25. The number of benzene rings is 1. The van der Waals surface area contributed by atoms with E-state index in [1.807, 2.05) is 18.2 Å². The van der Waals surface area contributed by atoms with Gasteiger partial charge in [-0.25, -0.2) is 4.98 Å². The van der Waals surface area contributed by atoms with Gasteiger partial charge in [-0.2, -0.15) is 0 Å². The van der Waals surface area contributed by atoms with Crippen LogP contribution in [-0.4, -0.2) is 10.1 Å². The van der Waals surface area contributed by atoms with Gasteiger partial charge in [0, 0.05) is 11.8 Å². The van der Waals surface area contributed by atoms with E-state index in [4.69, 9.17) is 16.3 Å². The number of aliphatic hydroxyl groups is 1. The maximum atomic E-state index is 9.27. The van der Waals surface area contributed by atoms with E-state index in [1.165, 1.54) is 0 Å². The quantitative estimate of drug-likeness (QED) is 0.899. The fraction of sp³-hybridized carbons (Fsp3) is 0.267. The fourth-order valence-electron chi connectivity index (χ4n) is 1.79. The highest BCUT2D eigenvalue weighted by atomic mass is 35.5. The summed E-state index contributed by atoms with van der Waals surface area (Å²) in [4.78, 5) is 4.42. The molecule has 1 heterocycles. The number of halogens is 1. The first kappa shape index (κ1) is 13.8. The van der Waals surface area contributed by atoms with Crippen LogP contribution in [0, 0.1) is 0 Å². The molecule has 2 rings (SSSR count). The summed E-state index contributed by atoms with van der Waals surface area (Å²) in [5, 5.41) is 9.80. The first-order chi connectivity index (χ1) is 9.22. The Kier molecular flexibility index (Phi) is 4.77. The molecule has 4 heteroatoms. The normalized spacial score (nSPS) is 10.5.